The van der Waals surface area contributed by atoms with Gasteiger partial charge in [0.1, 0.15) is 6.07 Å². The average molecular weight is 355 g/mol. The number of aromatic nitrogens is 1. The zero-order valence-electron chi connectivity index (χ0n) is 15.3. The molecular formula is C19H25N5O2. The Labute approximate surface area is 153 Å². The van der Waals surface area contributed by atoms with Gasteiger partial charge in [0.05, 0.1) is 31.0 Å². The lowest BCUT2D eigenvalue weighted by atomic mass is 10.0. The molecule has 3 rings (SSSR count). The largest absolute Gasteiger partial charge is 0.493 e. The first-order valence-electron chi connectivity index (χ1n) is 8.85. The fraction of sp³-hybridized carbons (Fsp3) is 0.474. The number of nitrogens with two attached hydrogens (primary N) is 1. The Bertz CT molecular complexity index is 818. The Morgan fingerprint density at radius 2 is 2.12 bits per heavy atom. The van der Waals surface area contributed by atoms with E-state index in [1.165, 1.54) is 0 Å². The number of benzene rings is 1. The molecule has 1 aromatic heterocycles. The van der Waals surface area contributed by atoms with Crippen LogP contribution in [0.2, 0.25) is 0 Å². The first-order chi connectivity index (χ1) is 12.7. The normalized spacial score (nSPS) is 17.6. The molecule has 1 saturated heterocycles. The zero-order chi connectivity index (χ0) is 18.5. The molecule has 1 unspecified atom stereocenters. The molecule has 26 heavy (non-hydrogen) atoms. The van der Waals surface area contributed by atoms with Gasteiger partial charge in [-0.1, -0.05) is 0 Å². The lowest BCUT2D eigenvalue weighted by molar-refractivity contribution is 0.356. The van der Waals surface area contributed by atoms with Gasteiger partial charge in [0.25, 0.3) is 0 Å². The highest BCUT2D eigenvalue weighted by Gasteiger charge is 2.25. The Hall–Kier alpha value is -2.56. The number of fused-ring (bicyclic) bond motifs is 1. The van der Waals surface area contributed by atoms with E-state index in [2.05, 4.69) is 21.3 Å². The van der Waals surface area contributed by atoms with Crippen LogP contribution >= 0.6 is 0 Å². The van der Waals surface area contributed by atoms with Gasteiger partial charge in [0.2, 0.25) is 0 Å². The molecule has 0 bridgehead atoms. The molecule has 1 fully saturated rings. The van der Waals surface area contributed by atoms with Gasteiger partial charge in [-0.3, -0.25) is 4.98 Å². The van der Waals surface area contributed by atoms with Gasteiger partial charge in [-0.05, 0) is 32.0 Å². The molecule has 138 valence electrons. The summed E-state index contributed by atoms with van der Waals surface area (Å²) in [6.07, 6.45) is 3.50. The molecule has 0 amide bonds. The zero-order valence-corrected chi connectivity index (χ0v) is 15.3. The van der Waals surface area contributed by atoms with E-state index in [0.29, 0.717) is 23.6 Å². The van der Waals surface area contributed by atoms with Crippen LogP contribution in [0.4, 0.5) is 5.69 Å². The van der Waals surface area contributed by atoms with E-state index in [-0.39, 0.29) is 6.04 Å². The summed E-state index contributed by atoms with van der Waals surface area (Å²) in [6.45, 7) is 3.27. The number of rotatable bonds is 5. The minimum absolute atomic E-state index is 0.230. The summed E-state index contributed by atoms with van der Waals surface area (Å²) < 4.78 is 10.9. The molecule has 0 saturated carbocycles. The van der Waals surface area contributed by atoms with Gasteiger partial charge >= 0.3 is 0 Å². The number of methoxy groups -OCH3 is 2. The van der Waals surface area contributed by atoms with Gasteiger partial charge < -0.3 is 25.4 Å². The van der Waals surface area contributed by atoms with Crippen molar-refractivity contribution in [1.29, 1.82) is 5.26 Å². The monoisotopic (exact) mass is 355 g/mol. The van der Waals surface area contributed by atoms with Gasteiger partial charge in [0.15, 0.2) is 11.5 Å². The molecular weight excluding hydrogens is 330 g/mol. The lowest BCUT2D eigenvalue weighted by Gasteiger charge is -2.33. The highest BCUT2D eigenvalue weighted by atomic mass is 16.5. The third-order valence-corrected chi connectivity index (χ3v) is 4.83. The van der Waals surface area contributed by atoms with Gasteiger partial charge in [0, 0.05) is 36.8 Å². The number of hydrogen-bond acceptors (Lipinski definition) is 7. The maximum Gasteiger partial charge on any atom is 0.162 e. The predicted octanol–water partition coefficient (Wildman–Crippen LogP) is 1.64. The Kier molecular flexibility index (Phi) is 5.76. The van der Waals surface area contributed by atoms with Gasteiger partial charge in [-0.15, -0.1) is 0 Å². The minimum atomic E-state index is 0.230. The van der Waals surface area contributed by atoms with Crippen molar-refractivity contribution in [3.8, 4) is 17.6 Å². The van der Waals surface area contributed by atoms with E-state index < -0.39 is 0 Å². The van der Waals surface area contributed by atoms with Crippen molar-refractivity contribution in [2.24, 2.45) is 5.73 Å². The van der Waals surface area contributed by atoms with Crippen molar-refractivity contribution in [1.82, 2.24) is 10.3 Å². The number of anilines is 1. The van der Waals surface area contributed by atoms with Crippen LogP contribution in [0, 0.1) is 11.3 Å². The summed E-state index contributed by atoms with van der Waals surface area (Å²) in [4.78, 5) is 6.77. The number of pyridine rings is 1. The van der Waals surface area contributed by atoms with E-state index in [9.17, 15) is 5.26 Å². The summed E-state index contributed by atoms with van der Waals surface area (Å²) in [6, 6.07) is 6.30. The Balaban J connectivity index is 2.22. The van der Waals surface area contributed by atoms with Crippen LogP contribution in [0.15, 0.2) is 18.3 Å². The number of ether oxygens (including phenoxy) is 2. The summed E-state index contributed by atoms with van der Waals surface area (Å²) in [5.41, 5.74) is 8.09. The van der Waals surface area contributed by atoms with Crippen molar-refractivity contribution in [3.63, 3.8) is 0 Å². The minimum Gasteiger partial charge on any atom is -0.493 e. The fourth-order valence-electron chi connectivity index (χ4n) is 3.58. The van der Waals surface area contributed by atoms with E-state index in [4.69, 9.17) is 15.2 Å². The first-order valence-corrected chi connectivity index (χ1v) is 8.85. The number of nitriles is 1. The van der Waals surface area contributed by atoms with Crippen molar-refractivity contribution in [2.75, 3.05) is 45.3 Å². The fourth-order valence-corrected chi connectivity index (χ4v) is 3.58. The van der Waals surface area contributed by atoms with Gasteiger partial charge in [-0.2, -0.15) is 5.26 Å². The predicted molar refractivity (Wildman–Crippen MR) is 102 cm³/mol. The third-order valence-electron chi connectivity index (χ3n) is 4.83. The van der Waals surface area contributed by atoms with E-state index in [1.54, 1.807) is 20.4 Å². The molecule has 7 nitrogen and oxygen atoms in total. The van der Waals surface area contributed by atoms with Crippen molar-refractivity contribution in [3.05, 3.63) is 23.9 Å². The van der Waals surface area contributed by atoms with Crippen LogP contribution in [0.3, 0.4) is 0 Å². The summed E-state index contributed by atoms with van der Waals surface area (Å²) in [5.74, 6) is 1.25. The van der Waals surface area contributed by atoms with Crippen molar-refractivity contribution >= 4 is 16.6 Å². The molecule has 3 N–H and O–H groups in total. The standard InChI is InChI=1S/C19H25N5O2/c1-25-17-8-15-16(9-18(17)26-2)23-11-13(10-21)19(15)24-7-3-6-22-12-14(24)4-5-20/h8-9,11,14,22H,3-7,12,20H2,1-2H3. The quantitative estimate of drug-likeness (QED) is 0.841. The van der Waals surface area contributed by atoms with Crippen molar-refractivity contribution < 1.29 is 9.47 Å². The first kappa shape index (κ1) is 18.2. The number of hydrogen-bond donors (Lipinski definition) is 2. The average Bonchev–Trinajstić information content (AvgIpc) is 2.91. The topological polar surface area (TPSA) is 96.4 Å². The molecule has 0 radical (unpaired) electrons. The van der Waals surface area contributed by atoms with E-state index >= 15 is 0 Å². The molecule has 1 atom stereocenters. The summed E-state index contributed by atoms with van der Waals surface area (Å²) >= 11 is 0. The molecule has 1 aliphatic heterocycles. The van der Waals surface area contributed by atoms with Crippen molar-refractivity contribution in [2.45, 2.75) is 18.9 Å². The second-order valence-corrected chi connectivity index (χ2v) is 6.34. The molecule has 2 aromatic rings. The maximum atomic E-state index is 9.71. The van der Waals surface area contributed by atoms with Crippen LogP contribution in [-0.2, 0) is 0 Å². The van der Waals surface area contributed by atoms with Crippen LogP contribution in [0.1, 0.15) is 18.4 Å². The van der Waals surface area contributed by atoms with Crippen LogP contribution in [0.5, 0.6) is 11.5 Å². The molecule has 0 aliphatic carbocycles. The maximum absolute atomic E-state index is 9.71. The number of nitrogens with zero attached hydrogens (tertiary/aromatic N) is 3. The number of nitrogens with one attached hydrogen (secondary N) is 1. The highest BCUT2D eigenvalue weighted by molar-refractivity contribution is 5.96. The lowest BCUT2D eigenvalue weighted by Crippen LogP contribution is -2.41. The molecule has 1 aromatic carbocycles. The second kappa shape index (κ2) is 8.21. The van der Waals surface area contributed by atoms with Crippen LogP contribution in [0.25, 0.3) is 10.9 Å². The smallest absolute Gasteiger partial charge is 0.162 e. The van der Waals surface area contributed by atoms with E-state index in [0.717, 1.165) is 49.1 Å². The SMILES string of the molecule is COc1cc2ncc(C#N)c(N3CCCNCC3CCN)c2cc1OC. The molecule has 0 spiro atoms. The van der Waals surface area contributed by atoms with Crippen LogP contribution in [-0.4, -0.2) is 51.4 Å². The Morgan fingerprint density at radius 3 is 2.81 bits per heavy atom. The summed E-state index contributed by atoms with van der Waals surface area (Å²) in [5, 5.41) is 14.1. The molecule has 2 heterocycles. The van der Waals surface area contributed by atoms with Crippen LogP contribution < -0.4 is 25.4 Å². The molecule has 1 aliphatic rings. The second-order valence-electron chi connectivity index (χ2n) is 6.34. The molecule has 7 heteroatoms. The summed E-state index contributed by atoms with van der Waals surface area (Å²) in [7, 11) is 3.21. The third kappa shape index (κ3) is 3.39. The van der Waals surface area contributed by atoms with Gasteiger partial charge in [-0.25, -0.2) is 0 Å². The Morgan fingerprint density at radius 1 is 1.35 bits per heavy atom. The van der Waals surface area contributed by atoms with E-state index in [1.807, 2.05) is 12.1 Å². The highest BCUT2D eigenvalue weighted by Crippen LogP contribution is 2.38.